The molecule has 0 saturated carbocycles. The Kier molecular flexibility index (Phi) is 2.54. The van der Waals surface area contributed by atoms with Crippen LogP contribution in [-0.2, 0) is 0 Å². The molecular weight excluding hydrogens is 270 g/mol. The second kappa shape index (κ2) is 4.39. The Morgan fingerprint density at radius 1 is 1.15 bits per heavy atom. The number of rotatable bonds is 1. The quantitative estimate of drug-likeness (QED) is 0.690. The molecule has 0 saturated heterocycles. The molecule has 4 rings (SSSR count). The maximum Gasteiger partial charge on any atom is 0.129 e. The predicted octanol–water partition coefficient (Wildman–Crippen LogP) is 1.80. The van der Waals surface area contributed by atoms with E-state index in [1.165, 1.54) is 16.1 Å². The van der Waals surface area contributed by atoms with E-state index in [4.69, 9.17) is 11.6 Å². The van der Waals surface area contributed by atoms with Gasteiger partial charge in [0.05, 0.1) is 22.8 Å². The summed E-state index contributed by atoms with van der Waals surface area (Å²) < 4.78 is 2.21. The van der Waals surface area contributed by atoms with Crippen molar-refractivity contribution in [1.29, 1.82) is 0 Å². The van der Waals surface area contributed by atoms with Crippen molar-refractivity contribution >= 4 is 34.8 Å². The SMILES string of the molecule is Clc1ccc(-n2c3c(c4ccccc42)=CCNC=3)cn1. The van der Waals surface area contributed by atoms with Crippen LogP contribution in [0.5, 0.6) is 0 Å². The zero-order chi connectivity index (χ0) is 13.5. The van der Waals surface area contributed by atoms with Crippen molar-refractivity contribution in [1.82, 2.24) is 14.9 Å². The number of halogens is 1. The number of hydrogen-bond donors (Lipinski definition) is 1. The third-order valence-corrected chi connectivity index (χ3v) is 3.81. The molecular formula is C16H12ClN3. The average Bonchev–Trinajstić information content (AvgIpc) is 2.83. The predicted molar refractivity (Wildman–Crippen MR) is 82.3 cm³/mol. The Morgan fingerprint density at radius 2 is 2.05 bits per heavy atom. The van der Waals surface area contributed by atoms with Gasteiger partial charge in [-0.1, -0.05) is 35.9 Å². The molecule has 20 heavy (non-hydrogen) atoms. The van der Waals surface area contributed by atoms with Gasteiger partial charge in [0, 0.05) is 23.3 Å². The molecule has 0 fully saturated rings. The van der Waals surface area contributed by atoms with E-state index in [1.807, 2.05) is 12.1 Å². The Labute approximate surface area is 120 Å². The maximum absolute atomic E-state index is 5.89. The van der Waals surface area contributed by atoms with Gasteiger partial charge < -0.3 is 9.88 Å². The number of nitrogens with zero attached hydrogens (tertiary/aromatic N) is 2. The molecule has 2 aromatic heterocycles. The molecule has 3 nitrogen and oxygen atoms in total. The van der Waals surface area contributed by atoms with Crippen molar-refractivity contribution in [2.24, 2.45) is 0 Å². The minimum Gasteiger partial charge on any atom is -0.386 e. The lowest BCUT2D eigenvalue weighted by atomic mass is 10.2. The standard InChI is InChI=1S/C16H12ClN3/c17-16-6-5-11(9-19-16)20-14-4-2-1-3-12(14)13-7-8-18-10-15(13)20/h1-7,9-10,18H,8H2. The van der Waals surface area contributed by atoms with E-state index < -0.39 is 0 Å². The molecule has 3 heterocycles. The number of nitrogens with one attached hydrogen (secondary N) is 1. The molecule has 1 N–H and O–H groups in total. The Balaban J connectivity index is 2.17. The van der Waals surface area contributed by atoms with E-state index in [2.05, 4.69) is 51.4 Å². The molecule has 1 aliphatic rings. The lowest BCUT2D eigenvalue weighted by molar-refractivity contribution is 0.988. The van der Waals surface area contributed by atoms with Gasteiger partial charge in [-0.05, 0) is 18.2 Å². The van der Waals surface area contributed by atoms with Gasteiger partial charge in [-0.15, -0.1) is 0 Å². The van der Waals surface area contributed by atoms with Crippen LogP contribution in [0, 0.1) is 0 Å². The molecule has 0 amide bonds. The molecule has 98 valence electrons. The summed E-state index contributed by atoms with van der Waals surface area (Å²) in [4.78, 5) is 4.19. The fourth-order valence-electron chi connectivity index (χ4n) is 2.74. The van der Waals surface area contributed by atoms with Crippen molar-refractivity contribution in [2.45, 2.75) is 0 Å². The number of para-hydroxylation sites is 1. The first-order valence-corrected chi connectivity index (χ1v) is 6.87. The highest BCUT2D eigenvalue weighted by Crippen LogP contribution is 2.15. The summed E-state index contributed by atoms with van der Waals surface area (Å²) in [6.07, 6.45) is 6.08. The summed E-state index contributed by atoms with van der Waals surface area (Å²) in [5.74, 6) is 0. The van der Waals surface area contributed by atoms with Gasteiger partial charge >= 0.3 is 0 Å². The van der Waals surface area contributed by atoms with Crippen LogP contribution >= 0.6 is 11.6 Å². The number of fused-ring (bicyclic) bond motifs is 3. The van der Waals surface area contributed by atoms with Crippen LogP contribution in [0.1, 0.15) is 0 Å². The van der Waals surface area contributed by atoms with Crippen LogP contribution in [0.4, 0.5) is 0 Å². The summed E-state index contributed by atoms with van der Waals surface area (Å²) in [5, 5.41) is 7.47. The fourth-order valence-corrected chi connectivity index (χ4v) is 2.85. The Bertz CT molecular complexity index is 907. The number of pyridine rings is 1. The van der Waals surface area contributed by atoms with Crippen molar-refractivity contribution in [3.05, 3.63) is 58.3 Å². The van der Waals surface area contributed by atoms with Crippen molar-refractivity contribution in [3.63, 3.8) is 0 Å². The van der Waals surface area contributed by atoms with Gasteiger partial charge in [-0.3, -0.25) is 0 Å². The summed E-state index contributed by atoms with van der Waals surface area (Å²) in [6, 6.07) is 12.2. The number of benzene rings is 1. The maximum atomic E-state index is 5.89. The van der Waals surface area contributed by atoms with Crippen molar-refractivity contribution in [3.8, 4) is 5.69 Å². The summed E-state index contributed by atoms with van der Waals surface area (Å²) in [6.45, 7) is 0.861. The van der Waals surface area contributed by atoms with E-state index in [0.29, 0.717) is 5.15 Å². The number of hydrogen-bond acceptors (Lipinski definition) is 2. The fraction of sp³-hybridized carbons (Fsp3) is 0.0625. The lowest BCUT2D eigenvalue weighted by Gasteiger charge is -2.07. The zero-order valence-electron chi connectivity index (χ0n) is 10.7. The second-order valence-electron chi connectivity index (χ2n) is 4.75. The van der Waals surface area contributed by atoms with E-state index in [-0.39, 0.29) is 0 Å². The summed E-state index contributed by atoms with van der Waals surface area (Å²) >= 11 is 5.89. The van der Waals surface area contributed by atoms with Crippen molar-refractivity contribution in [2.75, 3.05) is 6.54 Å². The van der Waals surface area contributed by atoms with Gasteiger partial charge in [-0.2, -0.15) is 0 Å². The van der Waals surface area contributed by atoms with Gasteiger partial charge in [0.2, 0.25) is 0 Å². The van der Waals surface area contributed by atoms with Gasteiger partial charge in [0.25, 0.3) is 0 Å². The molecule has 0 spiro atoms. The third-order valence-electron chi connectivity index (χ3n) is 3.58. The summed E-state index contributed by atoms with van der Waals surface area (Å²) in [7, 11) is 0. The molecule has 0 bridgehead atoms. The van der Waals surface area contributed by atoms with Crippen LogP contribution in [0.3, 0.4) is 0 Å². The van der Waals surface area contributed by atoms with E-state index in [0.717, 1.165) is 17.6 Å². The van der Waals surface area contributed by atoms with Gasteiger partial charge in [-0.25, -0.2) is 4.98 Å². The van der Waals surface area contributed by atoms with Gasteiger partial charge in [0.15, 0.2) is 0 Å². The number of aromatic nitrogens is 2. The van der Waals surface area contributed by atoms with E-state index in [1.54, 1.807) is 6.20 Å². The average molecular weight is 282 g/mol. The Hall–Kier alpha value is -2.26. The largest absolute Gasteiger partial charge is 0.386 e. The van der Waals surface area contributed by atoms with Crippen LogP contribution in [0.2, 0.25) is 5.15 Å². The normalized spacial score (nSPS) is 13.2. The molecule has 3 aromatic rings. The second-order valence-corrected chi connectivity index (χ2v) is 5.13. The smallest absolute Gasteiger partial charge is 0.129 e. The van der Waals surface area contributed by atoms with E-state index in [9.17, 15) is 0 Å². The molecule has 0 unspecified atom stereocenters. The molecule has 0 atom stereocenters. The highest BCUT2D eigenvalue weighted by molar-refractivity contribution is 6.29. The van der Waals surface area contributed by atoms with Crippen LogP contribution in [-0.4, -0.2) is 16.1 Å². The molecule has 0 radical (unpaired) electrons. The van der Waals surface area contributed by atoms with Gasteiger partial charge in [0.1, 0.15) is 5.15 Å². The molecule has 4 heteroatoms. The minimum absolute atomic E-state index is 0.507. The van der Waals surface area contributed by atoms with Crippen LogP contribution in [0.25, 0.3) is 28.9 Å². The minimum atomic E-state index is 0.507. The third kappa shape index (κ3) is 1.63. The highest BCUT2D eigenvalue weighted by atomic mass is 35.5. The zero-order valence-corrected chi connectivity index (χ0v) is 11.4. The topological polar surface area (TPSA) is 29.9 Å². The Morgan fingerprint density at radius 3 is 2.90 bits per heavy atom. The first-order chi connectivity index (χ1) is 9.84. The first kappa shape index (κ1) is 11.6. The van der Waals surface area contributed by atoms with Crippen LogP contribution < -0.4 is 15.9 Å². The van der Waals surface area contributed by atoms with Crippen molar-refractivity contribution < 1.29 is 0 Å². The van der Waals surface area contributed by atoms with Crippen LogP contribution in [0.15, 0.2) is 42.6 Å². The lowest BCUT2D eigenvalue weighted by Crippen LogP contribution is -2.35. The monoisotopic (exact) mass is 281 g/mol. The van der Waals surface area contributed by atoms with E-state index >= 15 is 0 Å². The molecule has 0 aliphatic carbocycles. The first-order valence-electron chi connectivity index (χ1n) is 6.50. The summed E-state index contributed by atoms with van der Waals surface area (Å²) in [5.41, 5.74) is 2.19. The molecule has 1 aliphatic heterocycles. The molecule has 1 aromatic carbocycles. The highest BCUT2D eigenvalue weighted by Gasteiger charge is 2.10.